The third-order valence-corrected chi connectivity index (χ3v) is 1.60. The van der Waals surface area contributed by atoms with Crippen LogP contribution in [0.25, 0.3) is 0 Å². The van der Waals surface area contributed by atoms with E-state index < -0.39 is 11.9 Å². The number of rotatable bonds is 1. The number of hydrogen-bond donors (Lipinski definition) is 1. The molecule has 0 radical (unpaired) electrons. The average molecular weight is 200 g/mol. The van der Waals surface area contributed by atoms with Crippen LogP contribution in [-0.2, 0) is 0 Å². The largest absolute Gasteiger partial charge is 0.350 e. The van der Waals surface area contributed by atoms with Crippen LogP contribution in [0, 0.1) is 0 Å². The zero-order valence-electron chi connectivity index (χ0n) is 6.48. The van der Waals surface area contributed by atoms with Gasteiger partial charge in [-0.2, -0.15) is 4.42 Å². The Morgan fingerprint density at radius 3 is 2.69 bits per heavy atom. The van der Waals surface area contributed by atoms with Gasteiger partial charge in [0.25, 0.3) is 5.91 Å². The van der Waals surface area contributed by atoms with Crippen LogP contribution in [0.15, 0.2) is 24.5 Å². The summed E-state index contributed by atoms with van der Waals surface area (Å²) in [4.78, 5) is 25.4. The standard InChI is InChI=1S/C7H6ClN3O2/c8-11(7(9)13)6(12)5-2-1-3-10-4-5/h1-4H,(H2,9,13). The molecule has 3 amide bonds. The molecule has 0 unspecified atom stereocenters. The molecule has 0 aliphatic rings. The van der Waals surface area contributed by atoms with Crippen LogP contribution in [0.2, 0.25) is 0 Å². The summed E-state index contributed by atoms with van der Waals surface area (Å²) < 4.78 is 0.303. The van der Waals surface area contributed by atoms with Gasteiger partial charge in [0.2, 0.25) is 0 Å². The lowest BCUT2D eigenvalue weighted by Crippen LogP contribution is -2.33. The first-order chi connectivity index (χ1) is 6.13. The van der Waals surface area contributed by atoms with Gasteiger partial charge in [-0.05, 0) is 12.1 Å². The van der Waals surface area contributed by atoms with Gasteiger partial charge in [0.15, 0.2) is 0 Å². The highest BCUT2D eigenvalue weighted by Crippen LogP contribution is 2.04. The zero-order valence-corrected chi connectivity index (χ0v) is 7.23. The van der Waals surface area contributed by atoms with Crippen molar-refractivity contribution in [3.63, 3.8) is 0 Å². The van der Waals surface area contributed by atoms with E-state index in [0.29, 0.717) is 4.42 Å². The van der Waals surface area contributed by atoms with Crippen LogP contribution in [0.1, 0.15) is 10.4 Å². The van der Waals surface area contributed by atoms with Crippen LogP contribution < -0.4 is 5.73 Å². The second-order valence-electron chi connectivity index (χ2n) is 2.17. The van der Waals surface area contributed by atoms with Crippen LogP contribution in [0.4, 0.5) is 4.79 Å². The Labute approximate surface area is 79.2 Å². The molecular formula is C7H6ClN3O2. The summed E-state index contributed by atoms with van der Waals surface area (Å²) in [5.74, 6) is -0.692. The number of halogens is 1. The van der Waals surface area contributed by atoms with E-state index in [1.807, 2.05) is 0 Å². The van der Waals surface area contributed by atoms with Crippen molar-refractivity contribution in [3.8, 4) is 0 Å². The van der Waals surface area contributed by atoms with Crippen molar-refractivity contribution < 1.29 is 9.59 Å². The van der Waals surface area contributed by atoms with Gasteiger partial charge in [0.05, 0.1) is 5.56 Å². The molecule has 1 rings (SSSR count). The highest BCUT2D eigenvalue weighted by atomic mass is 35.5. The summed E-state index contributed by atoms with van der Waals surface area (Å²) in [6, 6.07) is 2.02. The number of carbonyl (C=O) groups is 2. The van der Waals surface area contributed by atoms with E-state index >= 15 is 0 Å². The molecule has 0 spiro atoms. The minimum absolute atomic E-state index is 0.205. The first-order valence-electron chi connectivity index (χ1n) is 3.32. The van der Waals surface area contributed by atoms with E-state index in [1.54, 1.807) is 6.07 Å². The van der Waals surface area contributed by atoms with Crippen molar-refractivity contribution in [2.24, 2.45) is 5.73 Å². The Kier molecular flexibility index (Phi) is 2.81. The Bertz CT molecular complexity index is 328. The number of hydrogen-bond acceptors (Lipinski definition) is 3. The number of nitrogens with two attached hydrogens (primary N) is 1. The monoisotopic (exact) mass is 199 g/mol. The minimum atomic E-state index is -1.02. The molecule has 13 heavy (non-hydrogen) atoms. The number of primary amides is 1. The van der Waals surface area contributed by atoms with E-state index in [9.17, 15) is 9.59 Å². The molecule has 0 aromatic carbocycles. The maximum atomic E-state index is 11.2. The Morgan fingerprint density at radius 1 is 1.54 bits per heavy atom. The predicted octanol–water partition coefficient (Wildman–Crippen LogP) is 0.756. The molecule has 0 aliphatic heterocycles. The number of amides is 3. The maximum Gasteiger partial charge on any atom is 0.336 e. The third kappa shape index (κ3) is 2.16. The van der Waals surface area contributed by atoms with E-state index in [4.69, 9.17) is 17.5 Å². The molecule has 68 valence electrons. The van der Waals surface area contributed by atoms with Crippen molar-refractivity contribution in [2.45, 2.75) is 0 Å². The Hall–Kier alpha value is -1.62. The number of carbonyl (C=O) groups excluding carboxylic acids is 2. The molecule has 6 heteroatoms. The molecule has 5 nitrogen and oxygen atoms in total. The topological polar surface area (TPSA) is 76.3 Å². The van der Waals surface area contributed by atoms with Gasteiger partial charge in [-0.25, -0.2) is 4.79 Å². The first-order valence-corrected chi connectivity index (χ1v) is 3.66. The van der Waals surface area contributed by atoms with Crippen molar-refractivity contribution in [1.82, 2.24) is 9.40 Å². The summed E-state index contributed by atoms with van der Waals surface area (Å²) >= 11 is 5.28. The quantitative estimate of drug-likeness (QED) is 0.679. The first kappa shape index (κ1) is 9.47. The number of aromatic nitrogens is 1. The van der Waals surface area contributed by atoms with Gasteiger partial charge in [0.1, 0.15) is 0 Å². The minimum Gasteiger partial charge on any atom is -0.350 e. The van der Waals surface area contributed by atoms with Gasteiger partial charge < -0.3 is 5.73 Å². The fourth-order valence-electron chi connectivity index (χ4n) is 0.703. The number of urea groups is 1. The molecule has 0 saturated carbocycles. The lowest BCUT2D eigenvalue weighted by molar-refractivity contribution is 0.0891. The van der Waals surface area contributed by atoms with Gasteiger partial charge in [-0.15, -0.1) is 0 Å². The molecule has 1 heterocycles. The van der Waals surface area contributed by atoms with E-state index in [1.165, 1.54) is 18.5 Å². The molecule has 0 saturated heterocycles. The second kappa shape index (κ2) is 3.86. The molecule has 0 atom stereocenters. The zero-order chi connectivity index (χ0) is 9.84. The molecule has 0 fully saturated rings. The van der Waals surface area contributed by atoms with Crippen LogP contribution in [-0.4, -0.2) is 21.3 Å². The van der Waals surface area contributed by atoms with Crippen molar-refractivity contribution >= 4 is 23.7 Å². The second-order valence-corrected chi connectivity index (χ2v) is 2.50. The molecular weight excluding hydrogens is 194 g/mol. The summed E-state index contributed by atoms with van der Waals surface area (Å²) in [5.41, 5.74) is 4.99. The molecule has 1 aromatic heterocycles. The van der Waals surface area contributed by atoms with Crippen LogP contribution in [0.5, 0.6) is 0 Å². The van der Waals surface area contributed by atoms with Gasteiger partial charge >= 0.3 is 6.03 Å². The van der Waals surface area contributed by atoms with Crippen molar-refractivity contribution in [1.29, 1.82) is 0 Å². The fraction of sp³-hybridized carbons (Fsp3) is 0. The Morgan fingerprint density at radius 2 is 2.23 bits per heavy atom. The average Bonchev–Trinajstić information content (AvgIpc) is 2.17. The molecule has 0 aliphatic carbocycles. The predicted molar refractivity (Wildman–Crippen MR) is 45.8 cm³/mol. The third-order valence-electron chi connectivity index (χ3n) is 1.28. The van der Waals surface area contributed by atoms with E-state index in [0.717, 1.165) is 0 Å². The van der Waals surface area contributed by atoms with Gasteiger partial charge in [-0.1, -0.05) is 0 Å². The highest BCUT2D eigenvalue weighted by molar-refractivity contribution is 6.31. The van der Waals surface area contributed by atoms with E-state index in [-0.39, 0.29) is 5.56 Å². The van der Waals surface area contributed by atoms with E-state index in [2.05, 4.69) is 4.98 Å². The normalized spacial score (nSPS) is 9.31. The van der Waals surface area contributed by atoms with Crippen LogP contribution in [0.3, 0.4) is 0 Å². The summed E-state index contributed by atoms with van der Waals surface area (Å²) in [5, 5.41) is 0. The lowest BCUT2D eigenvalue weighted by atomic mass is 10.3. The van der Waals surface area contributed by atoms with Crippen LogP contribution >= 0.6 is 11.8 Å². The number of nitrogens with zero attached hydrogens (tertiary/aromatic N) is 2. The number of imide groups is 1. The van der Waals surface area contributed by atoms with Gasteiger partial charge in [0, 0.05) is 24.2 Å². The smallest absolute Gasteiger partial charge is 0.336 e. The maximum absolute atomic E-state index is 11.2. The summed E-state index contributed by atoms with van der Waals surface area (Å²) in [6.45, 7) is 0. The fourth-order valence-corrected chi connectivity index (χ4v) is 0.800. The Balaban J connectivity index is 2.86. The summed E-state index contributed by atoms with van der Waals surface area (Å²) in [6.07, 6.45) is 2.79. The van der Waals surface area contributed by atoms with Crippen molar-refractivity contribution in [2.75, 3.05) is 0 Å². The van der Waals surface area contributed by atoms with Gasteiger partial charge in [-0.3, -0.25) is 9.78 Å². The highest BCUT2D eigenvalue weighted by Gasteiger charge is 2.17. The molecule has 0 bridgehead atoms. The van der Waals surface area contributed by atoms with Crippen molar-refractivity contribution in [3.05, 3.63) is 30.1 Å². The molecule has 1 aromatic rings. The number of pyridine rings is 1. The lowest BCUT2D eigenvalue weighted by Gasteiger charge is -2.07. The SMILES string of the molecule is NC(=O)N(Cl)C(=O)c1cccnc1. The summed E-state index contributed by atoms with van der Waals surface area (Å²) in [7, 11) is 0. The molecule has 2 N–H and O–H groups in total.